The number of nitrogens with zero attached hydrogens (tertiary/aromatic N) is 1. The molecule has 0 aliphatic rings. The molecule has 10 heteroatoms. The highest BCUT2D eigenvalue weighted by molar-refractivity contribution is 7.92. The van der Waals surface area contributed by atoms with Crippen molar-refractivity contribution in [3.8, 4) is 0 Å². The van der Waals surface area contributed by atoms with Crippen LogP contribution in [0.15, 0.2) is 48.5 Å². The Morgan fingerprint density at radius 2 is 1.68 bits per heavy atom. The van der Waals surface area contributed by atoms with Crippen molar-refractivity contribution in [3.05, 3.63) is 59.9 Å². The van der Waals surface area contributed by atoms with Gasteiger partial charge < -0.3 is 5.32 Å². The van der Waals surface area contributed by atoms with Crippen LogP contribution in [0, 0.1) is 5.82 Å². The lowest BCUT2D eigenvalue weighted by atomic mass is 10.2. The van der Waals surface area contributed by atoms with Gasteiger partial charge in [0.15, 0.2) is 0 Å². The maximum absolute atomic E-state index is 13.9. The molecule has 2 aromatic rings. The molecule has 2 aromatic carbocycles. The maximum Gasteiger partial charge on any atom is 0.416 e. The van der Waals surface area contributed by atoms with Crippen molar-refractivity contribution in [1.82, 2.24) is 0 Å². The first-order valence-corrected chi connectivity index (χ1v) is 10.0. The van der Waals surface area contributed by atoms with E-state index >= 15 is 0 Å². The normalized spacial score (nSPS) is 11.9. The molecule has 0 bridgehead atoms. The number of alkyl halides is 3. The summed E-state index contributed by atoms with van der Waals surface area (Å²) in [6.07, 6.45) is -3.54. The second kappa shape index (κ2) is 8.59. The fourth-order valence-electron chi connectivity index (χ4n) is 2.47. The Morgan fingerprint density at radius 1 is 1.07 bits per heavy atom. The van der Waals surface area contributed by atoms with Gasteiger partial charge in [0.05, 0.1) is 17.5 Å². The minimum Gasteiger partial charge on any atom is -0.326 e. The molecule has 2 rings (SSSR count). The monoisotopic (exact) mass is 418 g/mol. The molecule has 0 aliphatic carbocycles. The van der Waals surface area contributed by atoms with Gasteiger partial charge in [-0.2, -0.15) is 13.2 Å². The van der Waals surface area contributed by atoms with Gasteiger partial charge in [0.2, 0.25) is 15.9 Å². The first-order valence-electron chi connectivity index (χ1n) is 8.18. The smallest absolute Gasteiger partial charge is 0.326 e. The van der Waals surface area contributed by atoms with Gasteiger partial charge in [-0.15, -0.1) is 0 Å². The highest BCUT2D eigenvalue weighted by atomic mass is 32.2. The first-order chi connectivity index (χ1) is 13.0. The molecule has 0 aromatic heterocycles. The fourth-order valence-corrected chi connectivity index (χ4v) is 3.43. The standard InChI is InChI=1S/C18H18F4N2O3S/c1-28(26,27)24(16-6-3-2-5-15(16)19)12-4-7-17(25)23-14-10-8-13(9-11-14)18(20,21)22/h2-3,5-6,8-11H,4,7,12H2,1H3,(H,23,25). The van der Waals surface area contributed by atoms with Crippen LogP contribution in [0.2, 0.25) is 0 Å². The van der Waals surface area contributed by atoms with E-state index in [1.54, 1.807) is 0 Å². The number of rotatable bonds is 7. The molecule has 0 fully saturated rings. The van der Waals surface area contributed by atoms with Crippen LogP contribution in [0.1, 0.15) is 18.4 Å². The van der Waals surface area contributed by atoms with E-state index < -0.39 is 33.5 Å². The number of hydrogen-bond donors (Lipinski definition) is 1. The highest BCUT2D eigenvalue weighted by Gasteiger charge is 2.30. The van der Waals surface area contributed by atoms with Crippen LogP contribution < -0.4 is 9.62 Å². The lowest BCUT2D eigenvalue weighted by Gasteiger charge is -2.22. The molecule has 0 unspecified atom stereocenters. The van der Waals surface area contributed by atoms with Crippen molar-refractivity contribution < 1.29 is 30.8 Å². The second-order valence-electron chi connectivity index (χ2n) is 6.01. The van der Waals surface area contributed by atoms with E-state index in [1.165, 1.54) is 18.2 Å². The molecule has 0 radical (unpaired) electrons. The topological polar surface area (TPSA) is 66.5 Å². The van der Waals surface area contributed by atoms with E-state index in [1.807, 2.05) is 0 Å². The van der Waals surface area contributed by atoms with Crippen molar-refractivity contribution in [2.45, 2.75) is 19.0 Å². The molecule has 1 N–H and O–H groups in total. The molecule has 0 saturated carbocycles. The zero-order chi connectivity index (χ0) is 20.9. The van der Waals surface area contributed by atoms with Gasteiger partial charge in [-0.25, -0.2) is 12.8 Å². The Kier molecular flexibility index (Phi) is 6.65. The Bertz CT molecular complexity index is 929. The number of amides is 1. The molecule has 0 heterocycles. The quantitative estimate of drug-likeness (QED) is 0.691. The molecule has 1 amide bonds. The third-order valence-electron chi connectivity index (χ3n) is 3.78. The van der Waals surface area contributed by atoms with E-state index in [2.05, 4.69) is 5.32 Å². The van der Waals surface area contributed by atoms with Crippen molar-refractivity contribution in [2.24, 2.45) is 0 Å². The molecule has 5 nitrogen and oxygen atoms in total. The van der Waals surface area contributed by atoms with Gasteiger partial charge in [-0.1, -0.05) is 12.1 Å². The molecule has 0 aliphatic heterocycles. The number of nitrogens with one attached hydrogen (secondary N) is 1. The zero-order valence-corrected chi connectivity index (χ0v) is 15.6. The lowest BCUT2D eigenvalue weighted by molar-refractivity contribution is -0.137. The van der Waals surface area contributed by atoms with Crippen LogP contribution in [0.3, 0.4) is 0 Å². The fraction of sp³-hybridized carbons (Fsp3) is 0.278. The van der Waals surface area contributed by atoms with Crippen molar-refractivity contribution in [3.63, 3.8) is 0 Å². The molecule has 0 atom stereocenters. The Hall–Kier alpha value is -2.62. The summed E-state index contributed by atoms with van der Waals surface area (Å²) >= 11 is 0. The summed E-state index contributed by atoms with van der Waals surface area (Å²) in [5, 5.41) is 2.44. The number of para-hydroxylation sites is 1. The minimum atomic E-state index is -4.47. The summed E-state index contributed by atoms with van der Waals surface area (Å²) in [6.45, 7) is -0.125. The zero-order valence-electron chi connectivity index (χ0n) is 14.8. The van der Waals surface area contributed by atoms with Crippen LogP contribution in [0.4, 0.5) is 28.9 Å². The third kappa shape index (κ3) is 5.95. The Balaban J connectivity index is 1.95. The maximum atomic E-state index is 13.9. The summed E-state index contributed by atoms with van der Waals surface area (Å²) in [5.41, 5.74) is -0.764. The van der Waals surface area contributed by atoms with Crippen LogP contribution in [0.25, 0.3) is 0 Å². The van der Waals surface area contributed by atoms with Gasteiger partial charge >= 0.3 is 6.18 Å². The number of sulfonamides is 1. The van der Waals surface area contributed by atoms with E-state index in [0.717, 1.165) is 40.9 Å². The molecule has 28 heavy (non-hydrogen) atoms. The summed E-state index contributed by atoms with van der Waals surface area (Å²) in [5.74, 6) is -1.20. The average Bonchev–Trinajstić information content (AvgIpc) is 2.58. The Labute approximate surface area is 160 Å². The molecule has 0 spiro atoms. The summed E-state index contributed by atoms with van der Waals surface area (Å²) in [6, 6.07) is 9.32. The highest BCUT2D eigenvalue weighted by Crippen LogP contribution is 2.29. The summed E-state index contributed by atoms with van der Waals surface area (Å²) < 4.78 is 76.2. The van der Waals surface area contributed by atoms with Gasteiger partial charge in [-0.3, -0.25) is 9.10 Å². The summed E-state index contributed by atoms with van der Waals surface area (Å²) in [4.78, 5) is 12.0. The third-order valence-corrected chi connectivity index (χ3v) is 4.96. The van der Waals surface area contributed by atoms with Crippen LogP contribution >= 0.6 is 0 Å². The van der Waals surface area contributed by atoms with Crippen molar-refractivity contribution >= 4 is 27.3 Å². The van der Waals surface area contributed by atoms with E-state index in [-0.39, 0.29) is 30.8 Å². The number of anilines is 2. The van der Waals surface area contributed by atoms with Gasteiger partial charge in [0.1, 0.15) is 5.82 Å². The minimum absolute atomic E-state index is 0.0911. The largest absolute Gasteiger partial charge is 0.416 e. The number of hydrogen-bond acceptors (Lipinski definition) is 3. The van der Waals surface area contributed by atoms with Crippen LogP contribution in [-0.4, -0.2) is 27.1 Å². The van der Waals surface area contributed by atoms with E-state index in [4.69, 9.17) is 0 Å². The molecular formula is C18H18F4N2O3S. The van der Waals surface area contributed by atoms with Crippen LogP contribution in [0.5, 0.6) is 0 Å². The number of carbonyl (C=O) groups excluding carboxylic acids is 1. The molecule has 0 saturated heterocycles. The first kappa shape index (κ1) is 21.7. The lowest BCUT2D eigenvalue weighted by Crippen LogP contribution is -2.32. The van der Waals surface area contributed by atoms with Crippen molar-refractivity contribution in [2.75, 3.05) is 22.4 Å². The average molecular weight is 418 g/mol. The number of carbonyl (C=O) groups is 1. The number of halogens is 4. The predicted octanol–water partition coefficient (Wildman–Crippen LogP) is 4.03. The SMILES string of the molecule is CS(=O)(=O)N(CCCC(=O)Nc1ccc(C(F)(F)F)cc1)c1ccccc1F. The summed E-state index contributed by atoms with van der Waals surface area (Å²) in [7, 11) is -3.76. The molecular weight excluding hydrogens is 400 g/mol. The van der Waals surface area contributed by atoms with Gasteiger partial charge in [-0.05, 0) is 42.8 Å². The second-order valence-corrected chi connectivity index (χ2v) is 7.92. The molecule has 152 valence electrons. The van der Waals surface area contributed by atoms with E-state index in [0.29, 0.717) is 0 Å². The van der Waals surface area contributed by atoms with Crippen LogP contribution in [-0.2, 0) is 21.0 Å². The number of benzene rings is 2. The van der Waals surface area contributed by atoms with Gasteiger partial charge in [0, 0.05) is 18.7 Å². The van der Waals surface area contributed by atoms with Crippen molar-refractivity contribution in [1.29, 1.82) is 0 Å². The van der Waals surface area contributed by atoms with E-state index in [9.17, 15) is 30.8 Å². The van der Waals surface area contributed by atoms with Gasteiger partial charge in [0.25, 0.3) is 0 Å². The predicted molar refractivity (Wildman–Crippen MR) is 97.9 cm³/mol. The Morgan fingerprint density at radius 3 is 2.21 bits per heavy atom.